The van der Waals surface area contributed by atoms with Crippen molar-refractivity contribution in [1.29, 1.82) is 0 Å². The number of hydrogen-bond donors (Lipinski definition) is 3. The molecule has 3 aromatic carbocycles. The summed E-state index contributed by atoms with van der Waals surface area (Å²) in [5, 5.41) is 39.1. The van der Waals surface area contributed by atoms with E-state index in [9.17, 15) is 46.7 Å². The molecule has 33 heavy (non-hydrogen) atoms. The van der Waals surface area contributed by atoms with Gasteiger partial charge >= 0.3 is 5.69 Å². The lowest BCUT2D eigenvalue weighted by Crippen LogP contribution is -2.00. The summed E-state index contributed by atoms with van der Waals surface area (Å²) in [6.07, 6.45) is 0. The van der Waals surface area contributed by atoms with Gasteiger partial charge in [-0.1, -0.05) is 0 Å². The van der Waals surface area contributed by atoms with Gasteiger partial charge in [0.05, 0.1) is 20.8 Å². The van der Waals surface area contributed by atoms with E-state index in [-0.39, 0.29) is 10.8 Å². The van der Waals surface area contributed by atoms with Gasteiger partial charge in [0, 0.05) is 11.5 Å². The molecule has 0 amide bonds. The minimum atomic E-state index is -5.09. The maximum Gasteiger partial charge on any atom is 0.303 e. The number of rotatable bonds is 6. The quantitative estimate of drug-likeness (QED) is 0.193. The van der Waals surface area contributed by atoms with Crippen molar-refractivity contribution < 1.29 is 40.9 Å². The van der Waals surface area contributed by atoms with Crippen molar-refractivity contribution in [1.82, 2.24) is 0 Å². The van der Waals surface area contributed by atoms with E-state index in [0.29, 0.717) is 6.07 Å². The molecule has 3 N–H and O–H groups in total. The standard InChI is InChI=1S/C16H10N4O11S2/c21-16-11-3-2-10(32(26,27)28)5-8(11)6-14(33(29,30)31)15(16)18-17-12-4-1-9(19(22)23)7-13(12)20(24)25/h1-7,21H,(H,26,27,28)(H,29,30,31)/b18-17+. The monoisotopic (exact) mass is 498 g/mol. The third-order valence-corrected chi connectivity index (χ3v) is 5.94. The molecule has 0 aromatic heterocycles. The minimum absolute atomic E-state index is 0.165. The van der Waals surface area contributed by atoms with Crippen molar-refractivity contribution in [3.63, 3.8) is 0 Å². The molecular formula is C16H10N4O11S2. The summed E-state index contributed by atoms with van der Waals surface area (Å²) < 4.78 is 65.0. The fraction of sp³-hybridized carbons (Fsp3) is 0. The number of fused-ring (bicyclic) bond motifs is 1. The Kier molecular flexibility index (Phi) is 5.81. The summed E-state index contributed by atoms with van der Waals surface area (Å²) in [6.45, 7) is 0. The third kappa shape index (κ3) is 4.75. The molecule has 0 atom stereocenters. The molecule has 0 heterocycles. The Morgan fingerprint density at radius 1 is 0.818 bits per heavy atom. The van der Waals surface area contributed by atoms with Crippen molar-refractivity contribution in [3.8, 4) is 5.75 Å². The Balaban J connectivity index is 2.27. The molecule has 0 aliphatic carbocycles. The predicted molar refractivity (Wildman–Crippen MR) is 109 cm³/mol. The lowest BCUT2D eigenvalue weighted by molar-refractivity contribution is -0.393. The topological polar surface area (TPSA) is 240 Å². The number of hydrogen-bond acceptors (Lipinski definition) is 11. The van der Waals surface area contributed by atoms with Gasteiger partial charge in [0.25, 0.3) is 25.9 Å². The number of nitro benzene ring substituents is 2. The van der Waals surface area contributed by atoms with Gasteiger partial charge in [-0.15, -0.1) is 10.2 Å². The number of aromatic hydroxyl groups is 1. The highest BCUT2D eigenvalue weighted by atomic mass is 32.2. The van der Waals surface area contributed by atoms with E-state index in [0.717, 1.165) is 36.4 Å². The van der Waals surface area contributed by atoms with Crippen molar-refractivity contribution in [3.05, 3.63) is 62.7 Å². The zero-order valence-corrected chi connectivity index (χ0v) is 17.4. The maximum absolute atomic E-state index is 11.8. The molecule has 0 aliphatic heterocycles. The molecule has 0 unspecified atom stereocenters. The van der Waals surface area contributed by atoms with Crippen LogP contribution in [-0.4, -0.2) is 40.9 Å². The smallest absolute Gasteiger partial charge is 0.303 e. The second-order valence-corrected chi connectivity index (χ2v) is 9.10. The maximum atomic E-state index is 11.8. The van der Waals surface area contributed by atoms with Crippen molar-refractivity contribution in [2.45, 2.75) is 9.79 Å². The van der Waals surface area contributed by atoms with Crippen molar-refractivity contribution in [2.75, 3.05) is 0 Å². The lowest BCUT2D eigenvalue weighted by atomic mass is 10.1. The zero-order valence-electron chi connectivity index (χ0n) is 15.8. The van der Waals surface area contributed by atoms with Crippen molar-refractivity contribution in [2.24, 2.45) is 10.2 Å². The fourth-order valence-electron chi connectivity index (χ4n) is 2.74. The van der Waals surface area contributed by atoms with E-state index in [1.807, 2.05) is 0 Å². The number of phenols is 1. The number of benzene rings is 3. The zero-order chi connectivity index (χ0) is 24.7. The second-order valence-electron chi connectivity index (χ2n) is 6.29. The molecule has 0 aliphatic rings. The van der Waals surface area contributed by atoms with E-state index < -0.39 is 68.4 Å². The third-order valence-electron chi connectivity index (χ3n) is 4.22. The Morgan fingerprint density at radius 2 is 1.48 bits per heavy atom. The Bertz CT molecular complexity index is 1580. The summed E-state index contributed by atoms with van der Waals surface area (Å²) in [6, 6.07) is 5.79. The molecule has 3 rings (SSSR count). The molecule has 0 fully saturated rings. The first kappa shape index (κ1) is 23.6. The first-order chi connectivity index (χ1) is 15.2. The van der Waals surface area contributed by atoms with E-state index in [2.05, 4.69) is 10.2 Å². The second kappa shape index (κ2) is 8.13. The number of azo groups is 1. The Morgan fingerprint density at radius 3 is 2.03 bits per heavy atom. The normalized spacial score (nSPS) is 12.3. The first-order valence-corrected chi connectivity index (χ1v) is 11.2. The molecule has 172 valence electrons. The van der Waals surface area contributed by atoms with E-state index in [1.165, 1.54) is 0 Å². The van der Waals surface area contributed by atoms with Crippen molar-refractivity contribution >= 4 is 53.8 Å². The number of phenolic OH excluding ortho intramolecular Hbond substituents is 1. The van der Waals surface area contributed by atoms with Crippen LogP contribution in [0.1, 0.15) is 0 Å². The van der Waals surface area contributed by atoms with Gasteiger partial charge in [-0.3, -0.25) is 29.3 Å². The van der Waals surface area contributed by atoms with Crippen LogP contribution >= 0.6 is 0 Å². The van der Waals surface area contributed by atoms with Gasteiger partial charge < -0.3 is 5.11 Å². The fourth-order valence-corrected chi connectivity index (χ4v) is 3.92. The minimum Gasteiger partial charge on any atom is -0.505 e. The van der Waals surface area contributed by atoms with Crippen LogP contribution in [0.5, 0.6) is 5.75 Å². The van der Waals surface area contributed by atoms with Crippen LogP contribution < -0.4 is 0 Å². The first-order valence-electron chi connectivity index (χ1n) is 8.29. The van der Waals surface area contributed by atoms with Gasteiger partial charge in [-0.05, 0) is 35.7 Å². The van der Waals surface area contributed by atoms with Crippen LogP contribution in [0.15, 0.2) is 62.5 Å². The molecule has 15 nitrogen and oxygen atoms in total. The van der Waals surface area contributed by atoms with Crippen LogP contribution in [0.3, 0.4) is 0 Å². The number of nitro groups is 2. The summed E-state index contributed by atoms with van der Waals surface area (Å²) in [7, 11) is -9.78. The highest BCUT2D eigenvalue weighted by Crippen LogP contribution is 2.42. The highest BCUT2D eigenvalue weighted by molar-refractivity contribution is 7.86. The van der Waals surface area contributed by atoms with Gasteiger partial charge in [-0.25, -0.2) is 0 Å². The Hall–Kier alpha value is -4.06. The summed E-state index contributed by atoms with van der Waals surface area (Å²) >= 11 is 0. The van der Waals surface area contributed by atoms with Crippen LogP contribution in [0.25, 0.3) is 10.8 Å². The van der Waals surface area contributed by atoms with Gasteiger partial charge in [-0.2, -0.15) is 16.8 Å². The number of nitrogens with zero attached hydrogens (tertiary/aromatic N) is 4. The van der Waals surface area contributed by atoms with Gasteiger partial charge in [0.15, 0.2) is 11.4 Å². The molecular weight excluding hydrogens is 488 g/mol. The molecule has 3 aromatic rings. The number of non-ortho nitro benzene ring substituents is 1. The SMILES string of the molecule is O=[N+]([O-])c1ccc(/N=N/c2c(S(=O)(=O)O)cc3cc(S(=O)(=O)O)ccc3c2O)c([N+](=O)[O-])c1. The van der Waals surface area contributed by atoms with Crippen LogP contribution in [0.2, 0.25) is 0 Å². The molecule has 0 radical (unpaired) electrons. The van der Waals surface area contributed by atoms with Gasteiger partial charge in [0.2, 0.25) is 0 Å². The van der Waals surface area contributed by atoms with Gasteiger partial charge in [0.1, 0.15) is 10.6 Å². The average Bonchev–Trinajstić information content (AvgIpc) is 2.70. The molecule has 0 saturated heterocycles. The highest BCUT2D eigenvalue weighted by Gasteiger charge is 2.24. The van der Waals surface area contributed by atoms with E-state index in [4.69, 9.17) is 4.55 Å². The summed E-state index contributed by atoms with van der Waals surface area (Å²) in [5.41, 5.74) is -2.85. The molecule has 0 saturated carbocycles. The summed E-state index contributed by atoms with van der Waals surface area (Å²) in [4.78, 5) is 18.5. The summed E-state index contributed by atoms with van der Waals surface area (Å²) in [5.74, 6) is -0.893. The van der Waals surface area contributed by atoms with Crippen LogP contribution in [0.4, 0.5) is 22.7 Å². The van der Waals surface area contributed by atoms with Crippen LogP contribution in [0, 0.1) is 20.2 Å². The lowest BCUT2D eigenvalue weighted by Gasteiger charge is -2.09. The largest absolute Gasteiger partial charge is 0.505 e. The molecule has 0 bridgehead atoms. The van der Waals surface area contributed by atoms with Crippen LogP contribution in [-0.2, 0) is 20.2 Å². The Labute approximate surface area is 183 Å². The molecule has 0 spiro atoms. The van der Waals surface area contributed by atoms with E-state index >= 15 is 0 Å². The average molecular weight is 498 g/mol. The predicted octanol–water partition coefficient (Wildman–Crippen LogP) is 3.27. The molecule has 17 heteroatoms. The van der Waals surface area contributed by atoms with E-state index in [1.54, 1.807) is 0 Å².